The highest BCUT2D eigenvalue weighted by molar-refractivity contribution is 5.53. The third-order valence-electron chi connectivity index (χ3n) is 2.16. The summed E-state index contributed by atoms with van der Waals surface area (Å²) in [5.74, 6) is 0.821. The second kappa shape index (κ2) is 5.85. The van der Waals surface area contributed by atoms with Crippen molar-refractivity contribution in [2.24, 2.45) is 0 Å². The fraction of sp³-hybridized carbons (Fsp3) is 0.364. The summed E-state index contributed by atoms with van der Waals surface area (Å²) in [5, 5.41) is 12.2. The number of aromatic hydroxyl groups is 1. The van der Waals surface area contributed by atoms with Crippen molar-refractivity contribution in [2.45, 2.75) is 6.42 Å². The van der Waals surface area contributed by atoms with Crippen LogP contribution >= 0.6 is 0 Å². The van der Waals surface area contributed by atoms with Crippen LogP contribution in [0.1, 0.15) is 5.56 Å². The number of carbonyl (C=O) groups excluding carboxylic acids is 1. The van der Waals surface area contributed by atoms with Crippen LogP contribution in [0, 0.1) is 0 Å². The zero-order valence-corrected chi connectivity index (χ0v) is 9.32. The van der Waals surface area contributed by atoms with Crippen molar-refractivity contribution >= 4 is 6.41 Å². The molecule has 0 bridgehead atoms. The van der Waals surface area contributed by atoms with Gasteiger partial charge in [0.1, 0.15) is 0 Å². The van der Waals surface area contributed by atoms with E-state index >= 15 is 0 Å². The normalized spacial score (nSPS) is 9.62. The van der Waals surface area contributed by atoms with Gasteiger partial charge in [-0.05, 0) is 24.1 Å². The quantitative estimate of drug-likeness (QED) is 0.552. The standard InChI is InChI=1S/C11H15NO4/c1-15-10-6-8(3-4-12-7-13)5-9(14)11(10)16-2/h5-7,14H,3-4H2,1-2H3,(H,12,13). The number of hydrogen-bond acceptors (Lipinski definition) is 4. The van der Waals surface area contributed by atoms with Gasteiger partial charge in [0, 0.05) is 6.54 Å². The summed E-state index contributed by atoms with van der Waals surface area (Å²) < 4.78 is 10.1. The molecule has 0 aromatic heterocycles. The van der Waals surface area contributed by atoms with Crippen LogP contribution in [-0.4, -0.2) is 32.3 Å². The lowest BCUT2D eigenvalue weighted by Crippen LogP contribution is -2.14. The molecule has 0 unspecified atom stereocenters. The number of amides is 1. The van der Waals surface area contributed by atoms with Gasteiger partial charge in [-0.2, -0.15) is 0 Å². The predicted octanol–water partition coefficient (Wildman–Crippen LogP) is 0.698. The fourth-order valence-electron chi connectivity index (χ4n) is 1.42. The zero-order chi connectivity index (χ0) is 12.0. The largest absolute Gasteiger partial charge is 0.504 e. The third kappa shape index (κ3) is 2.79. The predicted molar refractivity (Wildman–Crippen MR) is 59.0 cm³/mol. The molecule has 0 heterocycles. The summed E-state index contributed by atoms with van der Waals surface area (Å²) in [6.45, 7) is 0.512. The highest BCUT2D eigenvalue weighted by atomic mass is 16.5. The van der Waals surface area contributed by atoms with Gasteiger partial charge in [-0.1, -0.05) is 0 Å². The highest BCUT2D eigenvalue weighted by Crippen LogP contribution is 2.37. The molecule has 1 rings (SSSR count). The Hall–Kier alpha value is -1.91. The lowest BCUT2D eigenvalue weighted by Gasteiger charge is -2.11. The van der Waals surface area contributed by atoms with Crippen LogP contribution in [0.25, 0.3) is 0 Å². The van der Waals surface area contributed by atoms with Gasteiger partial charge < -0.3 is 19.9 Å². The number of phenols is 1. The molecule has 5 heteroatoms. The van der Waals surface area contributed by atoms with E-state index in [1.54, 1.807) is 12.1 Å². The minimum atomic E-state index is 0.0305. The van der Waals surface area contributed by atoms with Crippen LogP contribution in [0.2, 0.25) is 0 Å². The van der Waals surface area contributed by atoms with E-state index in [1.165, 1.54) is 14.2 Å². The van der Waals surface area contributed by atoms with E-state index < -0.39 is 0 Å². The Morgan fingerprint density at radius 2 is 2.12 bits per heavy atom. The first-order valence-electron chi connectivity index (χ1n) is 4.83. The summed E-state index contributed by atoms with van der Waals surface area (Å²) in [5.41, 5.74) is 0.865. The second-order valence-corrected chi connectivity index (χ2v) is 3.17. The Kier molecular flexibility index (Phi) is 4.44. The average molecular weight is 225 g/mol. The van der Waals surface area contributed by atoms with Gasteiger partial charge in [0.15, 0.2) is 11.5 Å². The Balaban J connectivity index is 2.87. The molecule has 5 nitrogen and oxygen atoms in total. The SMILES string of the molecule is COc1cc(CCNC=O)cc(O)c1OC. The molecule has 0 aliphatic carbocycles. The van der Waals surface area contributed by atoms with Crippen LogP contribution in [0.5, 0.6) is 17.2 Å². The maximum atomic E-state index is 10.1. The Morgan fingerprint density at radius 1 is 1.38 bits per heavy atom. The van der Waals surface area contributed by atoms with Crippen molar-refractivity contribution in [3.63, 3.8) is 0 Å². The Labute approximate surface area is 94.0 Å². The molecule has 16 heavy (non-hydrogen) atoms. The molecular formula is C11H15NO4. The Morgan fingerprint density at radius 3 is 2.69 bits per heavy atom. The first-order valence-corrected chi connectivity index (χ1v) is 4.83. The van der Waals surface area contributed by atoms with Crippen molar-refractivity contribution in [1.29, 1.82) is 0 Å². The Bertz CT molecular complexity index is 365. The van der Waals surface area contributed by atoms with Gasteiger partial charge >= 0.3 is 0 Å². The van der Waals surface area contributed by atoms with E-state index in [0.717, 1.165) is 5.56 Å². The minimum absolute atomic E-state index is 0.0305. The summed E-state index contributed by atoms with van der Waals surface area (Å²) in [7, 11) is 2.97. The van der Waals surface area contributed by atoms with E-state index in [-0.39, 0.29) is 5.75 Å². The first kappa shape index (κ1) is 12.2. The van der Waals surface area contributed by atoms with Gasteiger partial charge in [-0.25, -0.2) is 0 Å². The number of benzene rings is 1. The molecule has 1 aromatic carbocycles. The van der Waals surface area contributed by atoms with E-state index in [2.05, 4.69) is 5.32 Å². The van der Waals surface area contributed by atoms with E-state index in [0.29, 0.717) is 30.9 Å². The van der Waals surface area contributed by atoms with Gasteiger partial charge in [-0.15, -0.1) is 0 Å². The first-order chi connectivity index (χ1) is 7.72. The topological polar surface area (TPSA) is 67.8 Å². The average Bonchev–Trinajstić information content (AvgIpc) is 2.28. The van der Waals surface area contributed by atoms with E-state index in [4.69, 9.17) is 9.47 Å². The van der Waals surface area contributed by atoms with E-state index in [1.807, 2.05) is 0 Å². The summed E-state index contributed by atoms with van der Waals surface area (Å²) in [6.07, 6.45) is 1.26. The molecule has 0 spiro atoms. The lowest BCUT2D eigenvalue weighted by atomic mass is 10.1. The molecule has 0 saturated heterocycles. The van der Waals surface area contributed by atoms with Crippen LogP contribution in [-0.2, 0) is 11.2 Å². The van der Waals surface area contributed by atoms with Crippen LogP contribution in [0.4, 0.5) is 0 Å². The van der Waals surface area contributed by atoms with Crippen molar-refractivity contribution in [3.05, 3.63) is 17.7 Å². The van der Waals surface area contributed by atoms with Gasteiger partial charge in [0.05, 0.1) is 14.2 Å². The maximum Gasteiger partial charge on any atom is 0.207 e. The molecular weight excluding hydrogens is 210 g/mol. The van der Waals surface area contributed by atoms with Gasteiger partial charge in [0.2, 0.25) is 12.2 Å². The molecule has 0 aliphatic rings. The monoisotopic (exact) mass is 225 g/mol. The molecule has 88 valence electrons. The molecule has 1 aromatic rings. The number of nitrogens with one attached hydrogen (secondary N) is 1. The number of rotatable bonds is 6. The number of ether oxygens (including phenoxy) is 2. The highest BCUT2D eigenvalue weighted by Gasteiger charge is 2.11. The van der Waals surface area contributed by atoms with Crippen molar-refractivity contribution in [2.75, 3.05) is 20.8 Å². The van der Waals surface area contributed by atoms with Crippen LogP contribution in [0.15, 0.2) is 12.1 Å². The van der Waals surface area contributed by atoms with Gasteiger partial charge in [0.25, 0.3) is 0 Å². The number of phenolic OH excluding ortho intramolecular Hbond substituents is 1. The van der Waals surface area contributed by atoms with Crippen LogP contribution < -0.4 is 14.8 Å². The minimum Gasteiger partial charge on any atom is -0.504 e. The van der Waals surface area contributed by atoms with Crippen LogP contribution in [0.3, 0.4) is 0 Å². The third-order valence-corrected chi connectivity index (χ3v) is 2.16. The molecule has 2 N–H and O–H groups in total. The van der Waals surface area contributed by atoms with Crippen molar-refractivity contribution in [3.8, 4) is 17.2 Å². The fourth-order valence-corrected chi connectivity index (χ4v) is 1.42. The second-order valence-electron chi connectivity index (χ2n) is 3.17. The van der Waals surface area contributed by atoms with E-state index in [9.17, 15) is 9.90 Å². The maximum absolute atomic E-state index is 10.1. The smallest absolute Gasteiger partial charge is 0.207 e. The number of methoxy groups -OCH3 is 2. The molecule has 0 fully saturated rings. The van der Waals surface area contributed by atoms with Crippen molar-refractivity contribution in [1.82, 2.24) is 5.32 Å². The number of carbonyl (C=O) groups is 1. The molecule has 0 saturated carbocycles. The molecule has 1 amide bonds. The summed E-state index contributed by atoms with van der Waals surface area (Å²) >= 11 is 0. The van der Waals surface area contributed by atoms with Crippen molar-refractivity contribution < 1.29 is 19.4 Å². The zero-order valence-electron chi connectivity index (χ0n) is 9.32. The molecule has 0 radical (unpaired) electrons. The molecule has 0 aliphatic heterocycles. The summed E-state index contributed by atoms with van der Waals surface area (Å²) in [6, 6.07) is 3.36. The summed E-state index contributed by atoms with van der Waals surface area (Å²) in [4.78, 5) is 10.1. The lowest BCUT2D eigenvalue weighted by molar-refractivity contribution is -0.109. The molecule has 0 atom stereocenters. The van der Waals surface area contributed by atoms with Gasteiger partial charge in [-0.3, -0.25) is 4.79 Å². The number of hydrogen-bond donors (Lipinski definition) is 2.